The number of rotatable bonds is 5. The van der Waals surface area contributed by atoms with Crippen molar-refractivity contribution in [2.75, 3.05) is 11.1 Å². The zero-order valence-corrected chi connectivity index (χ0v) is 15.9. The van der Waals surface area contributed by atoms with Gasteiger partial charge in [-0.3, -0.25) is 4.79 Å². The van der Waals surface area contributed by atoms with Crippen molar-refractivity contribution in [3.05, 3.63) is 60.1 Å². The van der Waals surface area contributed by atoms with Gasteiger partial charge in [0.1, 0.15) is 12.7 Å². The molecule has 0 aliphatic heterocycles. The molecule has 9 heteroatoms. The van der Waals surface area contributed by atoms with Crippen molar-refractivity contribution in [1.82, 2.24) is 24.3 Å². The summed E-state index contributed by atoms with van der Waals surface area (Å²) >= 11 is 7.47. The molecule has 2 aromatic carbocycles. The van der Waals surface area contributed by atoms with Gasteiger partial charge in [0.25, 0.3) is 0 Å². The maximum absolute atomic E-state index is 12.5. The number of amides is 1. The fourth-order valence-electron chi connectivity index (χ4n) is 2.71. The van der Waals surface area contributed by atoms with Crippen molar-refractivity contribution in [3.8, 4) is 5.69 Å². The minimum absolute atomic E-state index is 0.157. The number of halogens is 1. The van der Waals surface area contributed by atoms with E-state index in [1.165, 1.54) is 18.1 Å². The number of para-hydroxylation sites is 2. The summed E-state index contributed by atoms with van der Waals surface area (Å²) < 4.78 is 3.55. The second-order valence-electron chi connectivity index (χ2n) is 5.78. The smallest absolute Gasteiger partial charge is 0.234 e. The monoisotopic (exact) mass is 398 g/mol. The molecule has 1 amide bonds. The van der Waals surface area contributed by atoms with Gasteiger partial charge in [-0.2, -0.15) is 5.10 Å². The number of aryl methyl sites for hydroxylation is 1. The van der Waals surface area contributed by atoms with E-state index in [-0.39, 0.29) is 11.7 Å². The number of fused-ring (bicyclic) bond motifs is 1. The molecule has 0 aliphatic carbocycles. The quantitative estimate of drug-likeness (QED) is 0.520. The molecule has 7 nitrogen and oxygen atoms in total. The summed E-state index contributed by atoms with van der Waals surface area (Å²) in [5, 5.41) is 8.31. The Labute approximate surface area is 164 Å². The van der Waals surface area contributed by atoms with Crippen LogP contribution in [0.5, 0.6) is 0 Å². The Morgan fingerprint density at radius 3 is 2.89 bits per heavy atom. The highest BCUT2D eigenvalue weighted by atomic mass is 35.5. The zero-order valence-electron chi connectivity index (χ0n) is 14.3. The lowest BCUT2D eigenvalue weighted by molar-refractivity contribution is -0.113. The molecule has 0 radical (unpaired) electrons. The van der Waals surface area contributed by atoms with E-state index >= 15 is 0 Å². The van der Waals surface area contributed by atoms with Crippen LogP contribution in [0.1, 0.15) is 0 Å². The second kappa shape index (κ2) is 7.42. The van der Waals surface area contributed by atoms with E-state index in [1.807, 2.05) is 35.9 Å². The Morgan fingerprint density at radius 2 is 2.11 bits per heavy atom. The Bertz CT molecular complexity index is 1110. The van der Waals surface area contributed by atoms with Crippen LogP contribution in [-0.4, -0.2) is 36.0 Å². The van der Waals surface area contributed by atoms with Crippen molar-refractivity contribution in [2.24, 2.45) is 7.05 Å². The lowest BCUT2D eigenvalue weighted by atomic mass is 10.2. The van der Waals surface area contributed by atoms with Crippen molar-refractivity contribution in [3.63, 3.8) is 0 Å². The number of nitrogens with zero attached hydrogens (tertiary/aromatic N) is 5. The highest BCUT2D eigenvalue weighted by Crippen LogP contribution is 2.26. The van der Waals surface area contributed by atoms with Crippen LogP contribution in [0.15, 0.2) is 60.3 Å². The first-order chi connectivity index (χ1) is 13.1. The molecule has 0 saturated heterocycles. The first-order valence-electron chi connectivity index (χ1n) is 8.10. The third-order valence-electron chi connectivity index (χ3n) is 3.98. The van der Waals surface area contributed by atoms with Crippen molar-refractivity contribution in [2.45, 2.75) is 5.16 Å². The maximum atomic E-state index is 12.5. The third-order valence-corrected chi connectivity index (χ3v) is 5.24. The van der Waals surface area contributed by atoms with E-state index in [1.54, 1.807) is 29.2 Å². The number of thioether (sulfide) groups is 1. The summed E-state index contributed by atoms with van der Waals surface area (Å²) in [4.78, 5) is 21.0. The number of benzene rings is 2. The fraction of sp³-hybridized carbons (Fsp3) is 0.111. The van der Waals surface area contributed by atoms with Crippen LogP contribution in [0.4, 0.5) is 5.69 Å². The Morgan fingerprint density at radius 1 is 1.26 bits per heavy atom. The minimum Gasteiger partial charge on any atom is -0.323 e. The highest BCUT2D eigenvalue weighted by molar-refractivity contribution is 7.99. The molecule has 27 heavy (non-hydrogen) atoms. The SMILES string of the molecule is Cn1c(SCC(=O)Nc2cc(Cl)ccc2-n2cncn2)nc2ccccc21. The highest BCUT2D eigenvalue weighted by Gasteiger charge is 2.13. The Hall–Kier alpha value is -2.84. The summed E-state index contributed by atoms with van der Waals surface area (Å²) in [6, 6.07) is 13.1. The van der Waals surface area contributed by atoms with Crippen LogP contribution in [0.2, 0.25) is 5.02 Å². The Kier molecular flexibility index (Phi) is 4.83. The molecule has 0 unspecified atom stereocenters. The number of hydrogen-bond donors (Lipinski definition) is 1. The predicted octanol–water partition coefficient (Wildman–Crippen LogP) is 3.54. The van der Waals surface area contributed by atoms with Crippen LogP contribution in [0.3, 0.4) is 0 Å². The summed E-state index contributed by atoms with van der Waals surface area (Å²) in [7, 11) is 1.94. The van der Waals surface area contributed by atoms with Gasteiger partial charge < -0.3 is 9.88 Å². The van der Waals surface area contributed by atoms with E-state index in [4.69, 9.17) is 11.6 Å². The van der Waals surface area contributed by atoms with E-state index < -0.39 is 0 Å². The van der Waals surface area contributed by atoms with Crippen LogP contribution in [0.25, 0.3) is 16.7 Å². The minimum atomic E-state index is -0.157. The van der Waals surface area contributed by atoms with E-state index in [0.29, 0.717) is 16.4 Å². The van der Waals surface area contributed by atoms with Gasteiger partial charge in [-0.15, -0.1) is 0 Å². The van der Waals surface area contributed by atoms with Gasteiger partial charge in [0, 0.05) is 12.1 Å². The summed E-state index contributed by atoms with van der Waals surface area (Å²) in [5.41, 5.74) is 3.21. The summed E-state index contributed by atoms with van der Waals surface area (Å²) in [5.74, 6) is 0.0659. The fourth-order valence-corrected chi connectivity index (χ4v) is 3.67. The lowest BCUT2D eigenvalue weighted by Crippen LogP contribution is -2.16. The standard InChI is InChI=1S/C18H15ClN6OS/c1-24-15-5-3-2-4-13(15)23-18(24)27-9-17(26)22-14-8-12(19)6-7-16(14)25-11-20-10-21-25/h2-8,10-11H,9H2,1H3,(H,22,26). The van der Waals surface area contributed by atoms with Gasteiger partial charge in [-0.1, -0.05) is 35.5 Å². The van der Waals surface area contributed by atoms with Gasteiger partial charge in [0.05, 0.1) is 28.2 Å². The molecule has 0 atom stereocenters. The molecule has 0 aliphatic rings. The van der Waals surface area contributed by atoms with Crippen molar-refractivity contribution < 1.29 is 4.79 Å². The van der Waals surface area contributed by atoms with Crippen LogP contribution < -0.4 is 5.32 Å². The molecule has 4 aromatic rings. The average molecular weight is 399 g/mol. The average Bonchev–Trinajstić information content (AvgIpc) is 3.29. The van der Waals surface area contributed by atoms with Crippen LogP contribution >= 0.6 is 23.4 Å². The Balaban J connectivity index is 1.50. The third kappa shape index (κ3) is 3.67. The largest absolute Gasteiger partial charge is 0.323 e. The number of aromatic nitrogens is 5. The van der Waals surface area contributed by atoms with E-state index in [2.05, 4.69) is 20.4 Å². The molecular formula is C18H15ClN6OS. The molecule has 2 aromatic heterocycles. The number of imidazole rings is 1. The van der Waals surface area contributed by atoms with Gasteiger partial charge in [0.2, 0.25) is 5.91 Å². The van der Waals surface area contributed by atoms with Crippen LogP contribution in [-0.2, 0) is 11.8 Å². The van der Waals surface area contributed by atoms with Gasteiger partial charge >= 0.3 is 0 Å². The normalized spacial score (nSPS) is 11.0. The second-order valence-corrected chi connectivity index (χ2v) is 7.16. The molecule has 0 saturated carbocycles. The first kappa shape index (κ1) is 17.6. The molecule has 4 rings (SSSR count). The number of hydrogen-bond acceptors (Lipinski definition) is 5. The summed E-state index contributed by atoms with van der Waals surface area (Å²) in [6.07, 6.45) is 2.99. The lowest BCUT2D eigenvalue weighted by Gasteiger charge is -2.11. The first-order valence-corrected chi connectivity index (χ1v) is 9.47. The zero-order chi connectivity index (χ0) is 18.8. The predicted molar refractivity (Wildman–Crippen MR) is 106 cm³/mol. The molecule has 0 bridgehead atoms. The van der Waals surface area contributed by atoms with E-state index in [0.717, 1.165) is 16.2 Å². The molecular weight excluding hydrogens is 384 g/mol. The van der Waals surface area contributed by atoms with Gasteiger partial charge in [0.15, 0.2) is 5.16 Å². The molecule has 0 fully saturated rings. The topological polar surface area (TPSA) is 77.6 Å². The van der Waals surface area contributed by atoms with Crippen LogP contribution in [0, 0.1) is 0 Å². The van der Waals surface area contributed by atoms with Crippen molar-refractivity contribution in [1.29, 1.82) is 0 Å². The number of carbonyl (C=O) groups is 1. The summed E-state index contributed by atoms with van der Waals surface area (Å²) in [6.45, 7) is 0. The van der Waals surface area contributed by atoms with Gasteiger partial charge in [-0.05, 0) is 30.3 Å². The van der Waals surface area contributed by atoms with Crippen molar-refractivity contribution >= 4 is 46.0 Å². The number of anilines is 1. The van der Waals surface area contributed by atoms with Gasteiger partial charge in [-0.25, -0.2) is 14.6 Å². The number of nitrogens with one attached hydrogen (secondary N) is 1. The van der Waals surface area contributed by atoms with E-state index in [9.17, 15) is 4.79 Å². The maximum Gasteiger partial charge on any atom is 0.234 e. The molecule has 136 valence electrons. The molecule has 0 spiro atoms. The molecule has 2 heterocycles. The number of carbonyl (C=O) groups excluding carboxylic acids is 1. The molecule has 1 N–H and O–H groups in total.